The number of nitrogens with one attached hydrogen (secondary N) is 1. The van der Waals surface area contributed by atoms with Gasteiger partial charge in [-0.05, 0) is 35.6 Å². The van der Waals surface area contributed by atoms with Gasteiger partial charge in [-0.3, -0.25) is 4.79 Å². The van der Waals surface area contributed by atoms with Gasteiger partial charge in [0.25, 0.3) is 5.91 Å². The quantitative estimate of drug-likeness (QED) is 0.595. The third-order valence-corrected chi connectivity index (χ3v) is 4.74. The summed E-state index contributed by atoms with van der Waals surface area (Å²) in [6, 6.07) is 19.0. The Kier molecular flexibility index (Phi) is 6.02. The van der Waals surface area contributed by atoms with Crippen molar-refractivity contribution in [3.05, 3.63) is 76.3 Å². The molecule has 0 heterocycles. The van der Waals surface area contributed by atoms with Gasteiger partial charge in [0.15, 0.2) is 6.10 Å². The van der Waals surface area contributed by atoms with Crippen LogP contribution in [0.4, 0.5) is 0 Å². The van der Waals surface area contributed by atoms with Gasteiger partial charge in [-0.25, -0.2) is 0 Å². The van der Waals surface area contributed by atoms with Crippen LogP contribution >= 0.6 is 23.2 Å². The Balaban J connectivity index is 1.70. The second-order valence-electron chi connectivity index (χ2n) is 5.95. The topological polar surface area (TPSA) is 38.3 Å². The molecule has 5 heteroatoms. The first kappa shape index (κ1) is 18.6. The van der Waals surface area contributed by atoms with E-state index in [4.69, 9.17) is 27.9 Å². The van der Waals surface area contributed by atoms with E-state index in [1.54, 1.807) is 18.2 Å². The van der Waals surface area contributed by atoms with Crippen LogP contribution in [0.25, 0.3) is 10.8 Å². The molecule has 0 fully saturated rings. The van der Waals surface area contributed by atoms with E-state index >= 15 is 0 Å². The Labute approximate surface area is 162 Å². The number of rotatable bonds is 6. The Morgan fingerprint density at radius 1 is 1.08 bits per heavy atom. The van der Waals surface area contributed by atoms with Crippen LogP contribution in [0.3, 0.4) is 0 Å². The van der Waals surface area contributed by atoms with Crippen molar-refractivity contribution in [1.29, 1.82) is 0 Å². The molecule has 3 aromatic carbocycles. The first-order valence-electron chi connectivity index (χ1n) is 8.44. The summed E-state index contributed by atoms with van der Waals surface area (Å²) in [6.07, 6.45) is -0.0180. The zero-order valence-corrected chi connectivity index (χ0v) is 15.8. The van der Waals surface area contributed by atoms with Crippen molar-refractivity contribution < 1.29 is 9.53 Å². The Bertz CT molecular complexity index is 922. The number of hydrogen-bond acceptors (Lipinski definition) is 2. The minimum Gasteiger partial charge on any atom is -0.480 e. The zero-order chi connectivity index (χ0) is 18.5. The van der Waals surface area contributed by atoms with E-state index in [0.717, 1.165) is 16.3 Å². The lowest BCUT2D eigenvalue weighted by atomic mass is 10.1. The van der Waals surface area contributed by atoms with E-state index in [2.05, 4.69) is 5.32 Å². The highest BCUT2D eigenvalue weighted by Crippen LogP contribution is 2.26. The van der Waals surface area contributed by atoms with Crippen LogP contribution in [0.5, 0.6) is 5.75 Å². The molecule has 0 aliphatic carbocycles. The van der Waals surface area contributed by atoms with Gasteiger partial charge in [0.1, 0.15) is 5.75 Å². The van der Waals surface area contributed by atoms with E-state index in [-0.39, 0.29) is 5.91 Å². The van der Waals surface area contributed by atoms with E-state index in [1.807, 2.05) is 49.4 Å². The molecule has 3 nitrogen and oxygen atoms in total. The summed E-state index contributed by atoms with van der Waals surface area (Å²) in [5, 5.41) is 6.05. The molecule has 0 aromatic heterocycles. The summed E-state index contributed by atoms with van der Waals surface area (Å²) >= 11 is 12.1. The zero-order valence-electron chi connectivity index (χ0n) is 14.3. The minimum atomic E-state index is -0.577. The van der Waals surface area contributed by atoms with E-state index in [0.29, 0.717) is 28.8 Å². The molecule has 0 aliphatic heterocycles. The molecule has 0 unspecified atom stereocenters. The monoisotopic (exact) mass is 387 g/mol. The number of carbonyl (C=O) groups is 1. The summed E-state index contributed by atoms with van der Waals surface area (Å²) < 4.78 is 6.01. The number of fused-ring (bicyclic) bond motifs is 1. The van der Waals surface area contributed by atoms with Gasteiger partial charge in [0.05, 0.1) is 0 Å². The molecule has 26 heavy (non-hydrogen) atoms. The molecule has 0 radical (unpaired) electrons. The maximum Gasteiger partial charge on any atom is 0.261 e. The van der Waals surface area contributed by atoms with Crippen LogP contribution in [0, 0.1) is 0 Å². The number of carbonyl (C=O) groups excluding carboxylic acids is 1. The number of benzene rings is 3. The third-order valence-electron chi connectivity index (χ3n) is 4.15. The fourth-order valence-electron chi connectivity index (χ4n) is 2.74. The molecule has 3 rings (SSSR count). The number of hydrogen-bond donors (Lipinski definition) is 1. The van der Waals surface area contributed by atoms with Gasteiger partial charge in [-0.1, -0.05) is 72.6 Å². The first-order valence-corrected chi connectivity index (χ1v) is 9.20. The molecule has 0 saturated carbocycles. The normalized spacial score (nSPS) is 12.0. The average Bonchev–Trinajstić information content (AvgIpc) is 2.65. The molecular formula is C21H19Cl2NO2. The average molecular weight is 388 g/mol. The predicted molar refractivity (Wildman–Crippen MR) is 107 cm³/mol. The Hall–Kier alpha value is -2.23. The maximum atomic E-state index is 12.6. The molecular weight excluding hydrogens is 369 g/mol. The molecule has 0 aliphatic rings. The largest absolute Gasteiger partial charge is 0.480 e. The van der Waals surface area contributed by atoms with E-state index in [9.17, 15) is 4.79 Å². The van der Waals surface area contributed by atoms with Crippen LogP contribution in [0.15, 0.2) is 60.7 Å². The summed E-state index contributed by atoms with van der Waals surface area (Å²) in [4.78, 5) is 12.6. The van der Waals surface area contributed by atoms with Gasteiger partial charge in [-0.15, -0.1) is 0 Å². The fourth-order valence-corrected chi connectivity index (χ4v) is 3.21. The van der Waals surface area contributed by atoms with Crippen LogP contribution in [0.2, 0.25) is 10.0 Å². The lowest BCUT2D eigenvalue weighted by Gasteiger charge is -2.19. The molecule has 0 spiro atoms. The van der Waals surface area contributed by atoms with Crippen molar-refractivity contribution in [3.8, 4) is 5.75 Å². The number of halogens is 2. The second kappa shape index (κ2) is 8.43. The van der Waals surface area contributed by atoms with Gasteiger partial charge in [0.2, 0.25) is 0 Å². The predicted octanol–water partition coefficient (Wildman–Crippen LogP) is 5.62. The van der Waals surface area contributed by atoms with E-state index < -0.39 is 6.10 Å². The summed E-state index contributed by atoms with van der Waals surface area (Å²) in [5.74, 6) is 0.529. The summed E-state index contributed by atoms with van der Waals surface area (Å²) in [7, 11) is 0. The van der Waals surface area contributed by atoms with Crippen molar-refractivity contribution in [2.75, 3.05) is 0 Å². The lowest BCUT2D eigenvalue weighted by molar-refractivity contribution is -0.128. The summed E-state index contributed by atoms with van der Waals surface area (Å²) in [5.41, 5.74) is 0.810. The van der Waals surface area contributed by atoms with Crippen LogP contribution in [-0.4, -0.2) is 12.0 Å². The highest BCUT2D eigenvalue weighted by Gasteiger charge is 2.19. The van der Waals surface area contributed by atoms with Crippen molar-refractivity contribution in [2.24, 2.45) is 0 Å². The van der Waals surface area contributed by atoms with Crippen LogP contribution in [0.1, 0.15) is 18.9 Å². The highest BCUT2D eigenvalue weighted by molar-refractivity contribution is 6.35. The molecule has 3 aromatic rings. The number of amides is 1. The first-order chi connectivity index (χ1) is 12.6. The fraction of sp³-hybridized carbons (Fsp3) is 0.190. The Morgan fingerprint density at radius 2 is 1.85 bits per heavy atom. The number of ether oxygens (including phenoxy) is 1. The highest BCUT2D eigenvalue weighted by atomic mass is 35.5. The smallest absolute Gasteiger partial charge is 0.261 e. The second-order valence-corrected chi connectivity index (χ2v) is 6.79. The van der Waals surface area contributed by atoms with Crippen molar-refractivity contribution in [3.63, 3.8) is 0 Å². The molecule has 0 bridgehead atoms. The Morgan fingerprint density at radius 3 is 2.62 bits per heavy atom. The van der Waals surface area contributed by atoms with Crippen LogP contribution < -0.4 is 10.1 Å². The van der Waals surface area contributed by atoms with Crippen molar-refractivity contribution >= 4 is 39.9 Å². The molecule has 0 saturated heterocycles. The third kappa shape index (κ3) is 4.29. The van der Waals surface area contributed by atoms with Crippen molar-refractivity contribution in [1.82, 2.24) is 5.32 Å². The van der Waals surface area contributed by atoms with Gasteiger partial charge >= 0.3 is 0 Å². The van der Waals surface area contributed by atoms with E-state index in [1.165, 1.54) is 0 Å². The van der Waals surface area contributed by atoms with Crippen LogP contribution in [-0.2, 0) is 11.3 Å². The molecule has 134 valence electrons. The van der Waals surface area contributed by atoms with Gasteiger partial charge in [0, 0.05) is 22.0 Å². The van der Waals surface area contributed by atoms with Crippen molar-refractivity contribution in [2.45, 2.75) is 26.0 Å². The standard InChI is InChI=1S/C21H19Cl2NO2/c1-2-19(21(25)24-13-15-10-11-16(22)12-18(15)23)26-20-9-5-7-14-6-3-4-8-17(14)20/h3-12,19H,2,13H2,1H3,(H,24,25)/t19-/m0/s1. The molecule has 1 amide bonds. The summed E-state index contributed by atoms with van der Waals surface area (Å²) in [6.45, 7) is 2.24. The van der Waals surface area contributed by atoms with Gasteiger partial charge < -0.3 is 10.1 Å². The molecule has 1 atom stereocenters. The van der Waals surface area contributed by atoms with Gasteiger partial charge in [-0.2, -0.15) is 0 Å². The molecule has 1 N–H and O–H groups in total. The lowest BCUT2D eigenvalue weighted by Crippen LogP contribution is -2.37. The minimum absolute atomic E-state index is 0.175. The maximum absolute atomic E-state index is 12.6. The SMILES string of the molecule is CC[C@H](Oc1cccc2ccccc12)C(=O)NCc1ccc(Cl)cc1Cl.